The quantitative estimate of drug-likeness (QED) is 0.711. The van der Waals surface area contributed by atoms with Crippen LogP contribution >= 0.6 is 0 Å². The molecule has 2 unspecified atom stereocenters. The lowest BCUT2D eigenvalue weighted by molar-refractivity contribution is -0.131. The van der Waals surface area contributed by atoms with Gasteiger partial charge >= 0.3 is 0 Å². The van der Waals surface area contributed by atoms with Crippen LogP contribution in [0.25, 0.3) is 0 Å². The largest absolute Gasteiger partial charge is 0.379 e. The van der Waals surface area contributed by atoms with Crippen molar-refractivity contribution in [2.24, 2.45) is 11.8 Å². The summed E-state index contributed by atoms with van der Waals surface area (Å²) in [6.07, 6.45) is 7.69. The summed E-state index contributed by atoms with van der Waals surface area (Å²) in [5.74, 6) is 4.28. The Morgan fingerprint density at radius 3 is 3.04 bits per heavy atom. The van der Waals surface area contributed by atoms with E-state index in [0.717, 1.165) is 70.2 Å². The number of nitrogens with zero attached hydrogens (tertiary/aromatic N) is 3. The van der Waals surface area contributed by atoms with E-state index >= 15 is 0 Å². The van der Waals surface area contributed by atoms with Gasteiger partial charge in [0.05, 0.1) is 32.0 Å². The fraction of sp³-hybridized carbons (Fsp3) is 0.700. The normalized spacial score (nSPS) is 23.7. The highest BCUT2D eigenvalue weighted by atomic mass is 16.5. The van der Waals surface area contributed by atoms with Gasteiger partial charge in [-0.1, -0.05) is 11.1 Å². The molecule has 0 radical (unpaired) electrons. The molecule has 2 aliphatic heterocycles. The summed E-state index contributed by atoms with van der Waals surface area (Å²) in [4.78, 5) is 16.3. The van der Waals surface area contributed by atoms with Gasteiger partial charge in [0.1, 0.15) is 0 Å². The first kappa shape index (κ1) is 19.9. The van der Waals surface area contributed by atoms with Crippen molar-refractivity contribution in [1.82, 2.24) is 20.3 Å². The Balaban J connectivity index is 1.54. The Morgan fingerprint density at radius 2 is 2.26 bits per heavy atom. The van der Waals surface area contributed by atoms with Crippen LogP contribution in [0.15, 0.2) is 10.6 Å². The third-order valence-electron chi connectivity index (χ3n) is 5.52. The number of carbonyl (C=O) groups is 1. The maximum atomic E-state index is 12.4. The molecule has 1 aromatic rings. The third kappa shape index (κ3) is 5.80. The van der Waals surface area contributed by atoms with Gasteiger partial charge in [0, 0.05) is 32.6 Å². The van der Waals surface area contributed by atoms with Crippen molar-refractivity contribution in [3.63, 3.8) is 0 Å². The number of ether oxygens (including phenoxy) is 1. The van der Waals surface area contributed by atoms with Crippen LogP contribution < -0.4 is 5.32 Å². The Morgan fingerprint density at radius 1 is 1.44 bits per heavy atom. The molecule has 0 spiro atoms. The number of piperidine rings is 1. The van der Waals surface area contributed by atoms with Gasteiger partial charge in [0.15, 0.2) is 5.76 Å². The van der Waals surface area contributed by atoms with Gasteiger partial charge in [-0.05, 0) is 37.8 Å². The second-order valence-electron chi connectivity index (χ2n) is 7.55. The number of rotatable bonds is 7. The molecule has 2 atom stereocenters. The van der Waals surface area contributed by atoms with Crippen LogP contribution in [0.5, 0.6) is 0 Å². The number of terminal acetylenes is 1. The second kappa shape index (κ2) is 9.88. The number of morpholine rings is 1. The molecule has 148 valence electrons. The van der Waals surface area contributed by atoms with Gasteiger partial charge in [-0.2, -0.15) is 0 Å². The molecule has 0 saturated carbocycles. The molecule has 1 aromatic heterocycles. The number of hydrogen-bond acceptors (Lipinski definition) is 6. The van der Waals surface area contributed by atoms with E-state index in [9.17, 15) is 4.79 Å². The van der Waals surface area contributed by atoms with Crippen molar-refractivity contribution in [2.45, 2.75) is 25.8 Å². The lowest BCUT2D eigenvalue weighted by Gasteiger charge is -2.32. The van der Waals surface area contributed by atoms with Gasteiger partial charge in [-0.15, -0.1) is 6.42 Å². The Kier molecular flexibility index (Phi) is 7.27. The molecule has 3 heterocycles. The molecule has 3 rings (SSSR count). The maximum absolute atomic E-state index is 12.4. The van der Waals surface area contributed by atoms with Gasteiger partial charge in [-0.25, -0.2) is 0 Å². The van der Waals surface area contributed by atoms with Crippen LogP contribution in [-0.2, 0) is 22.5 Å². The molecule has 0 aliphatic carbocycles. The average molecular weight is 374 g/mol. The van der Waals surface area contributed by atoms with Crippen molar-refractivity contribution in [1.29, 1.82) is 0 Å². The van der Waals surface area contributed by atoms with Crippen LogP contribution in [0.1, 0.15) is 24.3 Å². The van der Waals surface area contributed by atoms with Crippen LogP contribution in [0.3, 0.4) is 0 Å². The molecule has 0 bridgehead atoms. The number of amides is 1. The van der Waals surface area contributed by atoms with Crippen molar-refractivity contribution in [3.05, 3.63) is 17.5 Å². The number of carbonyl (C=O) groups excluding carboxylic acids is 1. The van der Waals surface area contributed by atoms with E-state index in [4.69, 9.17) is 15.7 Å². The minimum Gasteiger partial charge on any atom is -0.379 e. The zero-order valence-corrected chi connectivity index (χ0v) is 16.2. The third-order valence-corrected chi connectivity index (χ3v) is 5.52. The topological polar surface area (TPSA) is 70.8 Å². The summed E-state index contributed by atoms with van der Waals surface area (Å²) >= 11 is 0. The lowest BCUT2D eigenvalue weighted by atomic mass is 9.81. The molecule has 1 amide bonds. The average Bonchev–Trinajstić information content (AvgIpc) is 3.11. The fourth-order valence-electron chi connectivity index (χ4n) is 3.86. The minimum atomic E-state index is 0.123. The SMILES string of the molecule is C#CCN(C)C(=O)CC1CCNCC1Cc1cc(CN2CCOCC2)on1. The summed E-state index contributed by atoms with van der Waals surface area (Å²) in [5.41, 5.74) is 0.974. The monoisotopic (exact) mass is 374 g/mol. The molecule has 7 heteroatoms. The molecule has 2 aliphatic rings. The zero-order valence-electron chi connectivity index (χ0n) is 16.2. The highest BCUT2D eigenvalue weighted by molar-refractivity contribution is 5.76. The Hall–Kier alpha value is -1.88. The first-order valence-electron chi connectivity index (χ1n) is 9.78. The summed E-state index contributed by atoms with van der Waals surface area (Å²) in [6, 6.07) is 2.06. The summed E-state index contributed by atoms with van der Waals surface area (Å²) in [7, 11) is 1.77. The van der Waals surface area contributed by atoms with Crippen molar-refractivity contribution in [2.75, 3.05) is 53.0 Å². The van der Waals surface area contributed by atoms with Crippen LogP contribution in [-0.4, -0.2) is 73.8 Å². The second-order valence-corrected chi connectivity index (χ2v) is 7.55. The fourth-order valence-corrected chi connectivity index (χ4v) is 3.86. The first-order chi connectivity index (χ1) is 13.2. The van der Waals surface area contributed by atoms with Gasteiger partial charge in [0.2, 0.25) is 5.91 Å². The van der Waals surface area contributed by atoms with E-state index in [-0.39, 0.29) is 5.91 Å². The number of nitrogens with one attached hydrogen (secondary N) is 1. The molecular weight excluding hydrogens is 344 g/mol. The first-order valence-corrected chi connectivity index (χ1v) is 9.78. The molecule has 2 fully saturated rings. The van der Waals surface area contributed by atoms with Crippen LogP contribution in [0.2, 0.25) is 0 Å². The zero-order chi connectivity index (χ0) is 19.1. The van der Waals surface area contributed by atoms with Gasteiger partial charge < -0.3 is 19.5 Å². The van der Waals surface area contributed by atoms with Crippen molar-refractivity contribution in [3.8, 4) is 12.3 Å². The minimum absolute atomic E-state index is 0.123. The van der Waals surface area contributed by atoms with E-state index in [1.54, 1.807) is 11.9 Å². The predicted molar refractivity (Wildman–Crippen MR) is 102 cm³/mol. The highest BCUT2D eigenvalue weighted by Gasteiger charge is 2.29. The Labute approximate surface area is 161 Å². The van der Waals surface area contributed by atoms with E-state index in [0.29, 0.717) is 24.8 Å². The number of aromatic nitrogens is 1. The van der Waals surface area contributed by atoms with E-state index < -0.39 is 0 Å². The standard InChI is InChI=1S/C20H30N4O3/c1-3-6-23(2)20(25)12-16-4-5-21-14-17(16)11-18-13-19(27-22-18)15-24-7-9-26-10-8-24/h1,13,16-17,21H,4-12,14-15H2,2H3. The molecule has 2 saturated heterocycles. The molecule has 1 N–H and O–H groups in total. The van der Waals surface area contributed by atoms with E-state index in [2.05, 4.69) is 27.4 Å². The smallest absolute Gasteiger partial charge is 0.223 e. The lowest BCUT2D eigenvalue weighted by Crippen LogP contribution is -2.40. The van der Waals surface area contributed by atoms with E-state index in [1.165, 1.54) is 0 Å². The summed E-state index contributed by atoms with van der Waals surface area (Å²) < 4.78 is 10.9. The van der Waals surface area contributed by atoms with Crippen LogP contribution in [0.4, 0.5) is 0 Å². The maximum Gasteiger partial charge on any atom is 0.223 e. The molecule has 7 nitrogen and oxygen atoms in total. The van der Waals surface area contributed by atoms with Crippen LogP contribution in [0, 0.1) is 24.2 Å². The van der Waals surface area contributed by atoms with Crippen molar-refractivity contribution < 1.29 is 14.1 Å². The number of hydrogen-bond donors (Lipinski definition) is 1. The van der Waals surface area contributed by atoms with E-state index in [1.807, 2.05) is 0 Å². The Bertz CT molecular complexity index is 648. The van der Waals surface area contributed by atoms with Gasteiger partial charge in [-0.3, -0.25) is 9.69 Å². The molecule has 27 heavy (non-hydrogen) atoms. The summed E-state index contributed by atoms with van der Waals surface area (Å²) in [6.45, 7) is 6.41. The molecule has 0 aromatic carbocycles. The highest BCUT2D eigenvalue weighted by Crippen LogP contribution is 2.27. The molecular formula is C20H30N4O3. The van der Waals surface area contributed by atoms with Gasteiger partial charge in [0.25, 0.3) is 0 Å². The summed E-state index contributed by atoms with van der Waals surface area (Å²) in [5, 5.41) is 7.72. The predicted octanol–water partition coefficient (Wildman–Crippen LogP) is 0.757. The van der Waals surface area contributed by atoms with Crippen molar-refractivity contribution >= 4 is 5.91 Å².